The molecule has 0 amide bonds. The summed E-state index contributed by atoms with van der Waals surface area (Å²) in [5, 5.41) is 5.64. The minimum absolute atomic E-state index is 0.675. The van der Waals surface area contributed by atoms with E-state index in [1.165, 1.54) is 29.0 Å². The van der Waals surface area contributed by atoms with E-state index in [2.05, 4.69) is 39.4 Å². The maximum atomic E-state index is 4.38. The van der Waals surface area contributed by atoms with E-state index in [4.69, 9.17) is 0 Å². The molecule has 0 aliphatic carbocycles. The molecule has 1 fully saturated rings. The molecule has 2 aromatic heterocycles. The van der Waals surface area contributed by atoms with E-state index in [0.29, 0.717) is 5.92 Å². The number of hydrogen-bond donors (Lipinski definition) is 1. The Bertz CT molecular complexity index is 523. The lowest BCUT2D eigenvalue weighted by molar-refractivity contribution is 0.442. The molecule has 4 heteroatoms. The van der Waals surface area contributed by atoms with Gasteiger partial charge in [-0.15, -0.1) is 11.3 Å². The van der Waals surface area contributed by atoms with Gasteiger partial charge in [-0.05, 0) is 49.4 Å². The molecule has 3 rings (SSSR count). The van der Waals surface area contributed by atoms with Crippen LogP contribution in [0.4, 0.5) is 0 Å². The van der Waals surface area contributed by atoms with Gasteiger partial charge in [0.2, 0.25) is 0 Å². The van der Waals surface area contributed by atoms with Gasteiger partial charge >= 0.3 is 0 Å². The first-order chi connectivity index (χ1) is 9.38. The first kappa shape index (κ1) is 12.9. The normalized spacial score (nSPS) is 16.9. The number of nitrogens with zero attached hydrogens (tertiary/aromatic N) is 2. The Morgan fingerprint density at radius 2 is 2.26 bits per heavy atom. The van der Waals surface area contributed by atoms with Crippen molar-refractivity contribution in [2.24, 2.45) is 0 Å². The third kappa shape index (κ3) is 2.74. The van der Waals surface area contributed by atoms with Crippen LogP contribution in [0.1, 0.15) is 41.8 Å². The Hall–Kier alpha value is -1.13. The molecule has 102 valence electrons. The zero-order chi connectivity index (χ0) is 13.1. The fraction of sp³-hybridized carbons (Fsp3) is 0.533. The maximum Gasteiger partial charge on any atom is 0.0951 e. The van der Waals surface area contributed by atoms with Gasteiger partial charge in [-0.2, -0.15) is 0 Å². The number of aryl methyl sites for hydroxylation is 1. The Balaban J connectivity index is 1.80. The Labute approximate surface area is 118 Å². The van der Waals surface area contributed by atoms with E-state index in [1.54, 1.807) is 0 Å². The quantitative estimate of drug-likeness (QED) is 0.929. The number of hydrogen-bond acceptors (Lipinski definition) is 3. The molecular weight excluding hydrogens is 254 g/mol. The molecule has 1 aliphatic heterocycles. The molecule has 19 heavy (non-hydrogen) atoms. The Morgan fingerprint density at radius 1 is 1.42 bits per heavy atom. The molecule has 1 N–H and O–H groups in total. The minimum Gasteiger partial charge on any atom is -0.329 e. The van der Waals surface area contributed by atoms with Crippen LogP contribution in [0.15, 0.2) is 24.0 Å². The summed E-state index contributed by atoms with van der Waals surface area (Å²) in [5.74, 6) is 0.675. The summed E-state index contributed by atoms with van der Waals surface area (Å²) in [6.45, 7) is 5.48. The summed E-state index contributed by atoms with van der Waals surface area (Å²) < 4.78 is 2.35. The zero-order valence-electron chi connectivity index (χ0n) is 11.4. The predicted molar refractivity (Wildman–Crippen MR) is 79.9 cm³/mol. The SMILES string of the molecule is CCc1ccsc1Cn1cncc1C1CCNCC1. The van der Waals surface area contributed by atoms with Crippen molar-refractivity contribution in [1.29, 1.82) is 0 Å². The molecule has 0 atom stereocenters. The smallest absolute Gasteiger partial charge is 0.0951 e. The topological polar surface area (TPSA) is 29.9 Å². The third-order valence-electron chi connectivity index (χ3n) is 4.03. The van der Waals surface area contributed by atoms with Crippen LogP contribution < -0.4 is 5.32 Å². The number of piperidine rings is 1. The van der Waals surface area contributed by atoms with Crippen LogP contribution in [0.3, 0.4) is 0 Å². The summed E-state index contributed by atoms with van der Waals surface area (Å²) in [4.78, 5) is 5.86. The van der Waals surface area contributed by atoms with Gasteiger partial charge in [-0.1, -0.05) is 6.92 Å². The van der Waals surface area contributed by atoms with Crippen molar-refractivity contribution >= 4 is 11.3 Å². The van der Waals surface area contributed by atoms with Gasteiger partial charge in [0.15, 0.2) is 0 Å². The van der Waals surface area contributed by atoms with Crippen LogP contribution in [-0.2, 0) is 13.0 Å². The second-order valence-electron chi connectivity index (χ2n) is 5.19. The largest absolute Gasteiger partial charge is 0.329 e. The monoisotopic (exact) mass is 275 g/mol. The lowest BCUT2D eigenvalue weighted by atomic mass is 9.95. The van der Waals surface area contributed by atoms with Gasteiger partial charge in [0.25, 0.3) is 0 Å². The summed E-state index contributed by atoms with van der Waals surface area (Å²) >= 11 is 1.87. The Morgan fingerprint density at radius 3 is 3.05 bits per heavy atom. The molecule has 3 heterocycles. The molecule has 0 unspecified atom stereocenters. The van der Waals surface area contributed by atoms with Crippen molar-refractivity contribution in [2.45, 2.75) is 38.6 Å². The van der Waals surface area contributed by atoms with Gasteiger partial charge in [-0.3, -0.25) is 0 Å². The van der Waals surface area contributed by atoms with Crippen LogP contribution in [-0.4, -0.2) is 22.6 Å². The van der Waals surface area contributed by atoms with Crippen molar-refractivity contribution in [1.82, 2.24) is 14.9 Å². The van der Waals surface area contributed by atoms with Gasteiger partial charge in [0.05, 0.1) is 12.9 Å². The standard InChI is InChI=1S/C15H21N3S/c1-2-12-5-8-19-15(12)10-18-11-17-9-14(18)13-3-6-16-7-4-13/h5,8-9,11,13,16H,2-4,6-7,10H2,1H3. The second-order valence-corrected chi connectivity index (χ2v) is 6.19. The molecule has 1 saturated heterocycles. The fourth-order valence-electron chi connectivity index (χ4n) is 2.90. The molecule has 3 nitrogen and oxygen atoms in total. The summed E-state index contributed by atoms with van der Waals surface area (Å²) in [7, 11) is 0. The predicted octanol–water partition coefficient (Wildman–Crippen LogP) is 3.02. The molecule has 2 aromatic rings. The van der Waals surface area contributed by atoms with Crippen molar-refractivity contribution < 1.29 is 0 Å². The number of aromatic nitrogens is 2. The van der Waals surface area contributed by atoms with Crippen molar-refractivity contribution in [3.05, 3.63) is 40.1 Å². The molecule has 0 saturated carbocycles. The van der Waals surface area contributed by atoms with E-state index in [-0.39, 0.29) is 0 Å². The number of thiophene rings is 1. The molecule has 1 aliphatic rings. The van der Waals surface area contributed by atoms with Crippen molar-refractivity contribution in [2.75, 3.05) is 13.1 Å². The van der Waals surface area contributed by atoms with Crippen LogP contribution in [0.5, 0.6) is 0 Å². The zero-order valence-corrected chi connectivity index (χ0v) is 12.2. The highest BCUT2D eigenvalue weighted by Crippen LogP contribution is 2.27. The first-order valence-corrected chi connectivity index (χ1v) is 8.02. The second kappa shape index (κ2) is 5.88. The van der Waals surface area contributed by atoms with E-state index in [1.807, 2.05) is 17.7 Å². The van der Waals surface area contributed by atoms with Crippen molar-refractivity contribution in [3.8, 4) is 0 Å². The van der Waals surface area contributed by atoms with Crippen LogP contribution >= 0.6 is 11.3 Å². The highest BCUT2D eigenvalue weighted by Gasteiger charge is 2.19. The van der Waals surface area contributed by atoms with Gasteiger partial charge in [-0.25, -0.2) is 4.98 Å². The average Bonchev–Trinajstić information content (AvgIpc) is 3.09. The van der Waals surface area contributed by atoms with Crippen LogP contribution in [0, 0.1) is 0 Å². The van der Waals surface area contributed by atoms with Crippen LogP contribution in [0.25, 0.3) is 0 Å². The lowest BCUT2D eigenvalue weighted by Crippen LogP contribution is -2.27. The number of rotatable bonds is 4. The molecule has 0 aromatic carbocycles. The fourth-order valence-corrected chi connectivity index (χ4v) is 3.87. The maximum absolute atomic E-state index is 4.38. The van der Waals surface area contributed by atoms with Gasteiger partial charge in [0.1, 0.15) is 0 Å². The Kier molecular flexibility index (Phi) is 3.99. The molecule has 0 spiro atoms. The highest BCUT2D eigenvalue weighted by atomic mass is 32.1. The first-order valence-electron chi connectivity index (χ1n) is 7.14. The van der Waals surface area contributed by atoms with Gasteiger partial charge < -0.3 is 9.88 Å². The third-order valence-corrected chi connectivity index (χ3v) is 4.98. The average molecular weight is 275 g/mol. The van der Waals surface area contributed by atoms with E-state index in [9.17, 15) is 0 Å². The number of imidazole rings is 1. The summed E-state index contributed by atoms with van der Waals surface area (Å²) in [5.41, 5.74) is 2.90. The van der Waals surface area contributed by atoms with Crippen LogP contribution in [0.2, 0.25) is 0 Å². The van der Waals surface area contributed by atoms with Crippen molar-refractivity contribution in [3.63, 3.8) is 0 Å². The van der Waals surface area contributed by atoms with Gasteiger partial charge in [0, 0.05) is 22.7 Å². The highest BCUT2D eigenvalue weighted by molar-refractivity contribution is 7.10. The number of nitrogens with one attached hydrogen (secondary N) is 1. The summed E-state index contributed by atoms with van der Waals surface area (Å²) in [6.07, 6.45) is 7.65. The molecular formula is C15H21N3S. The van der Waals surface area contributed by atoms with E-state index < -0.39 is 0 Å². The molecule has 0 radical (unpaired) electrons. The summed E-state index contributed by atoms with van der Waals surface area (Å²) in [6, 6.07) is 2.25. The lowest BCUT2D eigenvalue weighted by Gasteiger charge is -2.23. The van der Waals surface area contributed by atoms with E-state index >= 15 is 0 Å². The van der Waals surface area contributed by atoms with E-state index in [0.717, 1.165) is 26.1 Å². The minimum atomic E-state index is 0.675. The molecule has 0 bridgehead atoms.